The number of thioether (sulfide) groups is 1. The lowest BCUT2D eigenvalue weighted by atomic mass is 9.97. The Morgan fingerprint density at radius 1 is 1.62 bits per heavy atom. The zero-order valence-corrected chi connectivity index (χ0v) is 15.9. The van der Waals surface area contributed by atoms with Gasteiger partial charge in [-0.05, 0) is 6.92 Å². The number of carbonyl (C=O) groups is 3. The van der Waals surface area contributed by atoms with E-state index >= 15 is 0 Å². The number of carbonyl (C=O) groups excluding carboxylic acids is 2. The molecule has 0 aromatic rings. The molecule has 2 unspecified atom stereocenters. The number of esters is 1. The van der Waals surface area contributed by atoms with Crippen LogP contribution in [0.25, 0.3) is 0 Å². The van der Waals surface area contributed by atoms with Crippen LogP contribution < -0.4 is 5.32 Å². The van der Waals surface area contributed by atoms with Crippen molar-refractivity contribution in [2.24, 2.45) is 5.92 Å². The third kappa shape index (κ3) is 3.27. The number of amides is 1. The lowest BCUT2D eigenvalue weighted by Gasteiger charge is -2.56. The van der Waals surface area contributed by atoms with Crippen molar-refractivity contribution in [1.29, 1.82) is 5.26 Å². The summed E-state index contributed by atoms with van der Waals surface area (Å²) in [5, 5.41) is 20.6. The van der Waals surface area contributed by atoms with Crippen LogP contribution in [0, 0.1) is 17.2 Å². The molecule has 0 bridgehead atoms. The van der Waals surface area contributed by atoms with Gasteiger partial charge >= 0.3 is 11.9 Å². The molecule has 0 aliphatic carbocycles. The van der Waals surface area contributed by atoms with Crippen LogP contribution in [0.3, 0.4) is 0 Å². The van der Waals surface area contributed by atoms with Crippen LogP contribution >= 0.6 is 24.0 Å². The van der Waals surface area contributed by atoms with Crippen molar-refractivity contribution in [1.82, 2.24) is 10.2 Å². The molecule has 1 saturated heterocycles. The Morgan fingerprint density at radius 3 is 2.77 bits per heavy atom. The van der Waals surface area contributed by atoms with E-state index in [1.807, 2.05) is 6.07 Å². The normalized spacial score (nSPS) is 25.5. The predicted molar refractivity (Wildman–Crippen MR) is 94.6 cm³/mol. The summed E-state index contributed by atoms with van der Waals surface area (Å²) in [5.74, 6) is -2.89. The molecule has 0 spiro atoms. The van der Waals surface area contributed by atoms with Gasteiger partial charge in [0.05, 0.1) is 17.0 Å². The van der Waals surface area contributed by atoms with Gasteiger partial charge < -0.3 is 19.9 Å². The largest absolute Gasteiger partial charge is 0.477 e. The summed E-state index contributed by atoms with van der Waals surface area (Å²) in [6.07, 6.45) is 0. The molecular formula is C15H17N3O6S2. The zero-order valence-electron chi connectivity index (χ0n) is 14.3. The third-order valence-corrected chi connectivity index (χ3v) is 5.81. The van der Waals surface area contributed by atoms with E-state index in [2.05, 4.69) is 5.32 Å². The first-order chi connectivity index (χ1) is 12.2. The molecule has 2 aliphatic heterocycles. The lowest BCUT2D eigenvalue weighted by molar-refractivity contribution is -0.187. The van der Waals surface area contributed by atoms with Crippen molar-refractivity contribution in [2.75, 3.05) is 19.5 Å². The van der Waals surface area contributed by atoms with Gasteiger partial charge in [-0.1, -0.05) is 12.2 Å². The Hall–Kier alpha value is -2.16. The molecule has 9 nitrogen and oxygen atoms in total. The molecule has 3 atom stereocenters. The van der Waals surface area contributed by atoms with Crippen molar-refractivity contribution in [2.45, 2.75) is 24.9 Å². The number of nitrogens with zero attached hydrogens (tertiary/aromatic N) is 2. The van der Waals surface area contributed by atoms with Crippen molar-refractivity contribution >= 4 is 46.8 Å². The number of hydrogen-bond donors (Lipinski definition) is 2. The van der Waals surface area contributed by atoms with Crippen molar-refractivity contribution in [3.05, 3.63) is 11.3 Å². The molecule has 2 heterocycles. The third-order valence-electron chi connectivity index (χ3n) is 3.98. The van der Waals surface area contributed by atoms with E-state index in [9.17, 15) is 19.5 Å². The first kappa shape index (κ1) is 20.2. The number of nitriles is 1. The van der Waals surface area contributed by atoms with E-state index in [1.54, 1.807) is 6.92 Å². The standard InChI is InChI=1S/C15H17N3O6S2/c1-7(4-16)11(25)17-15(23-3)13(22)18-10(12(20)21)9(5-24-8(2)19)6-26-14(15)18/h7,14H,5-6H2,1-3H3,(H,17,25)(H,20,21)/t7?,14-,15?/m1/s1. The van der Waals surface area contributed by atoms with Gasteiger partial charge in [-0.2, -0.15) is 5.26 Å². The smallest absolute Gasteiger partial charge is 0.352 e. The number of rotatable bonds is 6. The Balaban J connectivity index is 2.32. The SMILES string of the molecule is COC1(NC(=S)C(C)C#N)C(=O)N2C(C(=O)O)=C(COC(C)=O)CS[C@@H]21. The molecule has 2 aliphatic rings. The molecule has 26 heavy (non-hydrogen) atoms. The highest BCUT2D eigenvalue weighted by atomic mass is 32.2. The second-order valence-electron chi connectivity index (χ2n) is 5.66. The van der Waals surface area contributed by atoms with Crippen LogP contribution in [-0.2, 0) is 23.9 Å². The van der Waals surface area contributed by atoms with Gasteiger partial charge in [-0.15, -0.1) is 11.8 Å². The maximum Gasteiger partial charge on any atom is 0.352 e. The summed E-state index contributed by atoms with van der Waals surface area (Å²) in [7, 11) is 1.31. The van der Waals surface area contributed by atoms with E-state index in [-0.39, 0.29) is 23.0 Å². The van der Waals surface area contributed by atoms with Gasteiger partial charge in [0.1, 0.15) is 17.7 Å². The first-order valence-electron chi connectivity index (χ1n) is 7.50. The summed E-state index contributed by atoms with van der Waals surface area (Å²) in [6, 6.07) is 1.96. The van der Waals surface area contributed by atoms with E-state index in [0.29, 0.717) is 5.57 Å². The number of hydrogen-bond acceptors (Lipinski definition) is 8. The number of methoxy groups -OCH3 is 1. The van der Waals surface area contributed by atoms with Crippen LogP contribution in [-0.4, -0.2) is 63.4 Å². The lowest BCUT2D eigenvalue weighted by Crippen LogP contribution is -2.80. The Morgan fingerprint density at radius 2 is 2.27 bits per heavy atom. The summed E-state index contributed by atoms with van der Waals surface area (Å²) in [4.78, 5) is 36.7. The summed E-state index contributed by atoms with van der Waals surface area (Å²) in [6.45, 7) is 2.58. The van der Waals surface area contributed by atoms with Crippen molar-refractivity contribution in [3.8, 4) is 6.07 Å². The zero-order chi connectivity index (χ0) is 19.6. The minimum absolute atomic E-state index is 0.134. The molecule has 1 fully saturated rings. The monoisotopic (exact) mass is 399 g/mol. The number of carboxylic acid groups (broad SMARTS) is 1. The highest BCUT2D eigenvalue weighted by molar-refractivity contribution is 8.00. The second kappa shape index (κ2) is 7.61. The van der Waals surface area contributed by atoms with Crippen molar-refractivity contribution < 1.29 is 29.0 Å². The molecular weight excluding hydrogens is 382 g/mol. The van der Waals surface area contributed by atoms with E-state index in [0.717, 1.165) is 4.90 Å². The number of carboxylic acids is 1. The molecule has 0 saturated carbocycles. The Bertz CT molecular complexity index is 746. The number of aliphatic carboxylic acids is 1. The van der Waals surface area contributed by atoms with Gasteiger partial charge in [0.2, 0.25) is 0 Å². The van der Waals surface area contributed by atoms with Gasteiger partial charge in [0.15, 0.2) is 0 Å². The molecule has 11 heteroatoms. The van der Waals surface area contributed by atoms with E-state index in [1.165, 1.54) is 25.8 Å². The van der Waals surface area contributed by atoms with E-state index in [4.69, 9.17) is 27.0 Å². The molecule has 0 aromatic heterocycles. The maximum absolute atomic E-state index is 12.8. The number of thiocarbonyl (C=S) groups is 1. The quantitative estimate of drug-likeness (QED) is 0.277. The van der Waals surface area contributed by atoms with Gasteiger partial charge in [-0.25, -0.2) is 4.79 Å². The summed E-state index contributed by atoms with van der Waals surface area (Å²) < 4.78 is 10.2. The minimum atomic E-state index is -1.54. The second-order valence-corrected chi connectivity index (χ2v) is 7.16. The fourth-order valence-corrected chi connectivity index (χ4v) is 4.22. The topological polar surface area (TPSA) is 129 Å². The van der Waals surface area contributed by atoms with Gasteiger partial charge in [0, 0.05) is 25.4 Å². The number of β-lactam (4-membered cyclic amide) rings is 1. The molecule has 2 N–H and O–H groups in total. The molecule has 1 amide bonds. The molecule has 2 rings (SSSR count). The Kier molecular flexibility index (Phi) is 5.90. The van der Waals surface area contributed by atoms with Crippen LogP contribution in [0.15, 0.2) is 11.3 Å². The average molecular weight is 399 g/mol. The molecule has 140 valence electrons. The van der Waals surface area contributed by atoms with Crippen LogP contribution in [0.4, 0.5) is 0 Å². The van der Waals surface area contributed by atoms with Gasteiger partial charge in [0.25, 0.3) is 11.6 Å². The van der Waals surface area contributed by atoms with Crippen LogP contribution in [0.1, 0.15) is 13.8 Å². The summed E-state index contributed by atoms with van der Waals surface area (Å²) >= 11 is 6.39. The summed E-state index contributed by atoms with van der Waals surface area (Å²) in [5.41, 5.74) is -1.45. The molecule has 0 aromatic carbocycles. The molecule has 0 radical (unpaired) electrons. The first-order valence-corrected chi connectivity index (χ1v) is 8.96. The number of fused-ring (bicyclic) bond motifs is 1. The number of ether oxygens (including phenoxy) is 2. The van der Waals surface area contributed by atoms with E-state index < -0.39 is 34.9 Å². The fraction of sp³-hybridized carbons (Fsp3) is 0.533. The maximum atomic E-state index is 12.8. The predicted octanol–water partition coefficient (Wildman–Crippen LogP) is 0.223. The van der Waals surface area contributed by atoms with Crippen molar-refractivity contribution in [3.63, 3.8) is 0 Å². The Labute approximate surface area is 159 Å². The number of nitrogens with one attached hydrogen (secondary N) is 1. The van der Waals surface area contributed by atoms with Crippen LogP contribution in [0.5, 0.6) is 0 Å². The minimum Gasteiger partial charge on any atom is -0.477 e. The fourth-order valence-electron chi connectivity index (χ4n) is 2.59. The average Bonchev–Trinajstić information content (AvgIpc) is 2.61. The van der Waals surface area contributed by atoms with Crippen LogP contribution in [0.2, 0.25) is 0 Å². The highest BCUT2D eigenvalue weighted by Crippen LogP contribution is 2.46. The van der Waals surface area contributed by atoms with Gasteiger partial charge in [-0.3, -0.25) is 14.5 Å². The highest BCUT2D eigenvalue weighted by Gasteiger charge is 2.66.